The minimum absolute atomic E-state index is 0.117. The predicted molar refractivity (Wildman–Crippen MR) is 63.1 cm³/mol. The quantitative estimate of drug-likeness (QED) is 0.712. The van der Waals surface area contributed by atoms with Crippen molar-refractivity contribution in [3.63, 3.8) is 0 Å². The van der Waals surface area contributed by atoms with Crippen molar-refractivity contribution in [1.29, 1.82) is 0 Å². The zero-order valence-electron chi connectivity index (χ0n) is 9.68. The molecule has 0 spiro atoms. The highest BCUT2D eigenvalue weighted by Crippen LogP contribution is 2.18. The molecule has 0 saturated heterocycles. The summed E-state index contributed by atoms with van der Waals surface area (Å²) >= 11 is 0. The lowest BCUT2D eigenvalue weighted by molar-refractivity contribution is 0.149. The lowest BCUT2D eigenvalue weighted by Crippen LogP contribution is -2.36. The summed E-state index contributed by atoms with van der Waals surface area (Å²) in [6.45, 7) is 2.05. The number of rotatable bonds is 6. The average molecular weight is 223 g/mol. The SMILES string of the molecule is O[C@H]1CCC[C@@H]1NCCCCn1ccnc1. The summed E-state index contributed by atoms with van der Waals surface area (Å²) in [5, 5.41) is 13.1. The van der Waals surface area contributed by atoms with Gasteiger partial charge in [-0.15, -0.1) is 0 Å². The highest BCUT2D eigenvalue weighted by atomic mass is 16.3. The molecular formula is C12H21N3O. The predicted octanol–water partition coefficient (Wildman–Crippen LogP) is 1.17. The molecule has 1 fully saturated rings. The van der Waals surface area contributed by atoms with Gasteiger partial charge in [-0.2, -0.15) is 0 Å². The summed E-state index contributed by atoms with van der Waals surface area (Å²) in [7, 11) is 0. The molecule has 1 saturated carbocycles. The van der Waals surface area contributed by atoms with Crippen LogP contribution in [0.1, 0.15) is 32.1 Å². The molecule has 2 rings (SSSR count). The molecule has 0 unspecified atom stereocenters. The molecule has 1 aromatic heterocycles. The first-order valence-electron chi connectivity index (χ1n) is 6.23. The normalized spacial score (nSPS) is 25.1. The summed E-state index contributed by atoms with van der Waals surface area (Å²) in [6, 6.07) is 0.341. The van der Waals surface area contributed by atoms with Gasteiger partial charge in [-0.05, 0) is 38.6 Å². The fourth-order valence-electron chi connectivity index (χ4n) is 2.30. The number of unbranched alkanes of at least 4 members (excludes halogenated alkanes) is 1. The van der Waals surface area contributed by atoms with Gasteiger partial charge in [0.25, 0.3) is 0 Å². The molecule has 2 atom stereocenters. The molecule has 1 aliphatic carbocycles. The van der Waals surface area contributed by atoms with Gasteiger partial charge < -0.3 is 15.0 Å². The van der Waals surface area contributed by atoms with Gasteiger partial charge in [0.15, 0.2) is 0 Å². The summed E-state index contributed by atoms with van der Waals surface area (Å²) in [6.07, 6.45) is 11.1. The molecule has 0 aromatic carbocycles. The maximum atomic E-state index is 9.62. The van der Waals surface area contributed by atoms with Crippen LogP contribution in [0.5, 0.6) is 0 Å². The number of imidazole rings is 1. The van der Waals surface area contributed by atoms with Crippen molar-refractivity contribution in [1.82, 2.24) is 14.9 Å². The number of nitrogens with one attached hydrogen (secondary N) is 1. The van der Waals surface area contributed by atoms with Crippen LogP contribution in [0.15, 0.2) is 18.7 Å². The monoisotopic (exact) mass is 223 g/mol. The lowest BCUT2D eigenvalue weighted by Gasteiger charge is -2.16. The topological polar surface area (TPSA) is 50.1 Å². The van der Waals surface area contributed by atoms with Crippen LogP contribution < -0.4 is 5.32 Å². The van der Waals surface area contributed by atoms with Crippen molar-refractivity contribution in [2.75, 3.05) is 6.54 Å². The van der Waals surface area contributed by atoms with E-state index < -0.39 is 0 Å². The minimum atomic E-state index is -0.117. The Morgan fingerprint density at radius 2 is 2.31 bits per heavy atom. The van der Waals surface area contributed by atoms with E-state index in [0.29, 0.717) is 6.04 Å². The average Bonchev–Trinajstić information content (AvgIpc) is 2.90. The smallest absolute Gasteiger partial charge is 0.0945 e. The molecule has 1 aliphatic rings. The van der Waals surface area contributed by atoms with Gasteiger partial charge >= 0.3 is 0 Å². The molecular weight excluding hydrogens is 202 g/mol. The Morgan fingerprint density at radius 1 is 1.38 bits per heavy atom. The van der Waals surface area contributed by atoms with Gasteiger partial charge in [-0.3, -0.25) is 0 Å². The van der Waals surface area contributed by atoms with E-state index >= 15 is 0 Å². The Bertz CT molecular complexity index is 286. The number of aromatic nitrogens is 2. The second-order valence-corrected chi connectivity index (χ2v) is 4.57. The number of hydrogen-bond donors (Lipinski definition) is 2. The first-order valence-corrected chi connectivity index (χ1v) is 6.23. The second kappa shape index (κ2) is 6.01. The molecule has 90 valence electrons. The zero-order chi connectivity index (χ0) is 11.2. The standard InChI is InChI=1S/C12H21N3O/c16-12-5-3-4-11(12)14-6-1-2-8-15-9-7-13-10-15/h7,9-12,14,16H,1-6,8H2/t11-,12-/m0/s1. The molecule has 0 amide bonds. The van der Waals surface area contributed by atoms with Gasteiger partial charge in [0.2, 0.25) is 0 Å². The van der Waals surface area contributed by atoms with Gasteiger partial charge in [0.1, 0.15) is 0 Å². The third-order valence-electron chi connectivity index (χ3n) is 3.29. The molecule has 0 bridgehead atoms. The highest BCUT2D eigenvalue weighted by molar-refractivity contribution is 4.82. The summed E-state index contributed by atoms with van der Waals surface area (Å²) < 4.78 is 2.10. The van der Waals surface area contributed by atoms with Crippen LogP contribution in [-0.2, 0) is 6.54 Å². The number of aliphatic hydroxyl groups is 1. The molecule has 2 N–H and O–H groups in total. The summed E-state index contributed by atoms with van der Waals surface area (Å²) in [5.74, 6) is 0. The van der Waals surface area contributed by atoms with Crippen molar-refractivity contribution in [3.05, 3.63) is 18.7 Å². The van der Waals surface area contributed by atoms with Crippen molar-refractivity contribution < 1.29 is 5.11 Å². The first kappa shape index (κ1) is 11.6. The van der Waals surface area contributed by atoms with Gasteiger partial charge in [0.05, 0.1) is 12.4 Å². The summed E-state index contributed by atoms with van der Waals surface area (Å²) in [5.41, 5.74) is 0. The number of hydrogen-bond acceptors (Lipinski definition) is 3. The Kier molecular flexibility index (Phi) is 4.36. The van der Waals surface area contributed by atoms with Crippen LogP contribution in [-0.4, -0.2) is 33.3 Å². The van der Waals surface area contributed by atoms with Crippen LogP contribution in [0.4, 0.5) is 0 Å². The van der Waals surface area contributed by atoms with Crippen LogP contribution in [0.25, 0.3) is 0 Å². The molecule has 0 aliphatic heterocycles. The maximum absolute atomic E-state index is 9.62. The van der Waals surface area contributed by atoms with Crippen molar-refractivity contribution >= 4 is 0 Å². The van der Waals surface area contributed by atoms with E-state index in [0.717, 1.165) is 45.2 Å². The number of aryl methyl sites for hydroxylation is 1. The van der Waals surface area contributed by atoms with E-state index in [1.807, 2.05) is 18.7 Å². The van der Waals surface area contributed by atoms with Crippen LogP contribution in [0, 0.1) is 0 Å². The van der Waals surface area contributed by atoms with E-state index in [9.17, 15) is 5.11 Å². The van der Waals surface area contributed by atoms with Gasteiger partial charge in [0, 0.05) is 25.0 Å². The lowest BCUT2D eigenvalue weighted by atomic mass is 10.2. The zero-order valence-corrected chi connectivity index (χ0v) is 9.68. The van der Waals surface area contributed by atoms with E-state index in [2.05, 4.69) is 14.9 Å². The molecule has 0 radical (unpaired) electrons. The first-order chi connectivity index (χ1) is 7.86. The maximum Gasteiger partial charge on any atom is 0.0945 e. The van der Waals surface area contributed by atoms with Crippen LogP contribution in [0.2, 0.25) is 0 Å². The Hall–Kier alpha value is -0.870. The molecule has 1 heterocycles. The van der Waals surface area contributed by atoms with Crippen molar-refractivity contribution in [2.45, 2.75) is 50.8 Å². The minimum Gasteiger partial charge on any atom is -0.392 e. The third-order valence-corrected chi connectivity index (χ3v) is 3.29. The van der Waals surface area contributed by atoms with E-state index in [4.69, 9.17) is 0 Å². The fraction of sp³-hybridized carbons (Fsp3) is 0.750. The van der Waals surface area contributed by atoms with Gasteiger partial charge in [-0.1, -0.05) is 0 Å². The van der Waals surface area contributed by atoms with Crippen LogP contribution in [0.3, 0.4) is 0 Å². The van der Waals surface area contributed by atoms with Crippen LogP contribution >= 0.6 is 0 Å². The van der Waals surface area contributed by atoms with Crippen molar-refractivity contribution in [3.8, 4) is 0 Å². The molecule has 1 aromatic rings. The molecule has 16 heavy (non-hydrogen) atoms. The fourth-order valence-corrected chi connectivity index (χ4v) is 2.30. The molecule has 4 heteroatoms. The number of aliphatic hydroxyl groups excluding tert-OH is 1. The Balaban J connectivity index is 1.52. The van der Waals surface area contributed by atoms with E-state index in [1.54, 1.807) is 0 Å². The number of nitrogens with zero attached hydrogens (tertiary/aromatic N) is 2. The second-order valence-electron chi connectivity index (χ2n) is 4.57. The van der Waals surface area contributed by atoms with E-state index in [1.165, 1.54) is 0 Å². The molecule has 4 nitrogen and oxygen atoms in total. The third kappa shape index (κ3) is 3.32. The Morgan fingerprint density at radius 3 is 3.00 bits per heavy atom. The summed E-state index contributed by atoms with van der Waals surface area (Å²) in [4.78, 5) is 4.01. The largest absolute Gasteiger partial charge is 0.392 e. The van der Waals surface area contributed by atoms with E-state index in [-0.39, 0.29) is 6.10 Å². The van der Waals surface area contributed by atoms with Gasteiger partial charge in [-0.25, -0.2) is 4.98 Å². The van der Waals surface area contributed by atoms with Crippen molar-refractivity contribution in [2.24, 2.45) is 0 Å². The Labute approximate surface area is 96.7 Å². The highest BCUT2D eigenvalue weighted by Gasteiger charge is 2.23.